The minimum Gasteiger partial charge on any atom is -0.335 e. The Morgan fingerprint density at radius 2 is 1.89 bits per heavy atom. The van der Waals surface area contributed by atoms with E-state index in [1.54, 1.807) is 17.0 Å². The molecule has 18 heavy (non-hydrogen) atoms. The maximum Gasteiger partial charge on any atom is 0.277 e. The number of hydrogen-bond acceptors (Lipinski definition) is 4. The van der Waals surface area contributed by atoms with E-state index in [-0.39, 0.29) is 19.0 Å². The monoisotopic (exact) mass is 309 g/mol. The summed E-state index contributed by atoms with van der Waals surface area (Å²) >= 11 is 6.98. The number of thiophene rings is 1. The Morgan fingerprint density at radius 1 is 1.28 bits per heavy atom. The molecule has 100 valence electrons. The van der Waals surface area contributed by atoms with E-state index in [1.165, 1.54) is 11.3 Å². The summed E-state index contributed by atoms with van der Waals surface area (Å²) in [7, 11) is -3.66. The van der Waals surface area contributed by atoms with Crippen molar-refractivity contribution in [2.24, 2.45) is 5.14 Å². The van der Waals surface area contributed by atoms with Crippen molar-refractivity contribution in [1.82, 2.24) is 9.21 Å². The topological polar surface area (TPSA) is 83.7 Å². The van der Waals surface area contributed by atoms with Crippen LogP contribution in [0.25, 0.3) is 0 Å². The Kier molecular flexibility index (Phi) is 3.93. The highest BCUT2D eigenvalue weighted by atomic mass is 35.5. The summed E-state index contributed by atoms with van der Waals surface area (Å²) in [5.74, 6) is -0.124. The zero-order valence-electron chi connectivity index (χ0n) is 9.37. The zero-order valence-corrected chi connectivity index (χ0v) is 11.8. The molecule has 2 N–H and O–H groups in total. The summed E-state index contributed by atoms with van der Waals surface area (Å²) in [6.45, 7) is 1.13. The van der Waals surface area contributed by atoms with E-state index >= 15 is 0 Å². The minimum atomic E-state index is -3.66. The molecule has 1 aliphatic rings. The number of rotatable bonds is 2. The Hall–Kier alpha value is -0.670. The molecule has 1 aliphatic heterocycles. The number of carbonyl (C=O) groups excluding carboxylic acids is 1. The van der Waals surface area contributed by atoms with Crippen molar-refractivity contribution >= 4 is 39.1 Å². The van der Waals surface area contributed by atoms with Crippen LogP contribution in [0.3, 0.4) is 0 Å². The lowest BCUT2D eigenvalue weighted by Crippen LogP contribution is -2.52. The number of piperazine rings is 1. The Bertz CT molecular complexity index is 549. The van der Waals surface area contributed by atoms with Gasteiger partial charge >= 0.3 is 0 Å². The highest BCUT2D eigenvalue weighted by Gasteiger charge is 2.27. The van der Waals surface area contributed by atoms with Gasteiger partial charge < -0.3 is 4.90 Å². The molecule has 1 fully saturated rings. The number of amides is 1. The highest BCUT2D eigenvalue weighted by Crippen LogP contribution is 2.23. The van der Waals surface area contributed by atoms with E-state index in [2.05, 4.69) is 0 Å². The first-order valence-corrected chi connectivity index (χ1v) is 7.90. The van der Waals surface area contributed by atoms with Crippen LogP contribution in [0.4, 0.5) is 0 Å². The molecule has 0 bridgehead atoms. The van der Waals surface area contributed by atoms with Crippen molar-refractivity contribution in [3.05, 3.63) is 21.3 Å². The van der Waals surface area contributed by atoms with Crippen molar-refractivity contribution in [2.45, 2.75) is 0 Å². The Labute approximate surface area is 114 Å². The first-order chi connectivity index (χ1) is 8.38. The third kappa shape index (κ3) is 3.01. The van der Waals surface area contributed by atoms with Gasteiger partial charge in [-0.2, -0.15) is 12.7 Å². The molecule has 2 rings (SSSR count). The molecule has 0 spiro atoms. The Morgan fingerprint density at radius 3 is 2.33 bits per heavy atom. The van der Waals surface area contributed by atoms with Gasteiger partial charge in [-0.1, -0.05) is 11.6 Å². The lowest BCUT2D eigenvalue weighted by Gasteiger charge is -2.32. The van der Waals surface area contributed by atoms with Crippen molar-refractivity contribution in [2.75, 3.05) is 26.2 Å². The molecular weight excluding hydrogens is 298 g/mol. The summed E-state index contributed by atoms with van der Waals surface area (Å²) in [4.78, 5) is 14.2. The van der Waals surface area contributed by atoms with Crippen LogP contribution >= 0.6 is 22.9 Å². The molecule has 0 aliphatic carbocycles. The largest absolute Gasteiger partial charge is 0.335 e. The SMILES string of the molecule is NS(=O)(=O)N1CCN(C(=O)c2ccc(Cl)s2)CC1. The van der Waals surface area contributed by atoms with E-state index < -0.39 is 10.2 Å². The van der Waals surface area contributed by atoms with Gasteiger partial charge in [0.15, 0.2) is 0 Å². The standard InChI is InChI=1S/C9H12ClN3O3S2/c10-8-2-1-7(17-8)9(14)12-3-5-13(6-4-12)18(11,15)16/h1-2H,3-6H2,(H2,11,15,16). The molecule has 0 saturated carbocycles. The second-order valence-electron chi connectivity index (χ2n) is 3.84. The second kappa shape index (κ2) is 5.14. The normalized spacial score (nSPS) is 18.0. The predicted molar refractivity (Wildman–Crippen MR) is 69.9 cm³/mol. The lowest BCUT2D eigenvalue weighted by molar-refractivity contribution is 0.0703. The van der Waals surface area contributed by atoms with Gasteiger partial charge in [-0.15, -0.1) is 11.3 Å². The number of nitrogens with zero attached hydrogens (tertiary/aromatic N) is 2. The molecule has 0 radical (unpaired) electrons. The molecule has 1 aromatic heterocycles. The van der Waals surface area contributed by atoms with Gasteiger partial charge in [0, 0.05) is 26.2 Å². The second-order valence-corrected chi connectivity index (χ2v) is 7.10. The molecule has 2 heterocycles. The zero-order chi connectivity index (χ0) is 13.3. The maximum atomic E-state index is 12.0. The van der Waals surface area contributed by atoms with Crippen LogP contribution in [0.1, 0.15) is 9.67 Å². The summed E-state index contributed by atoms with van der Waals surface area (Å²) in [5, 5.41) is 5.03. The van der Waals surface area contributed by atoms with Crippen LogP contribution in [-0.2, 0) is 10.2 Å². The minimum absolute atomic E-state index is 0.124. The van der Waals surface area contributed by atoms with Gasteiger partial charge in [0.2, 0.25) is 0 Å². The summed E-state index contributed by atoms with van der Waals surface area (Å²) in [6, 6.07) is 3.33. The van der Waals surface area contributed by atoms with Crippen LogP contribution in [0, 0.1) is 0 Å². The van der Waals surface area contributed by atoms with Crippen LogP contribution in [-0.4, -0.2) is 49.7 Å². The lowest BCUT2D eigenvalue weighted by atomic mass is 10.3. The summed E-state index contributed by atoms with van der Waals surface area (Å²) in [5.41, 5.74) is 0. The van der Waals surface area contributed by atoms with Crippen molar-refractivity contribution < 1.29 is 13.2 Å². The fraction of sp³-hybridized carbons (Fsp3) is 0.444. The van der Waals surface area contributed by atoms with Crippen molar-refractivity contribution in [3.63, 3.8) is 0 Å². The molecule has 9 heteroatoms. The van der Waals surface area contributed by atoms with Crippen molar-refractivity contribution in [1.29, 1.82) is 0 Å². The van der Waals surface area contributed by atoms with Gasteiger partial charge in [0.1, 0.15) is 0 Å². The van der Waals surface area contributed by atoms with E-state index in [9.17, 15) is 13.2 Å². The first-order valence-electron chi connectivity index (χ1n) is 5.20. The fourth-order valence-electron chi connectivity index (χ4n) is 1.73. The highest BCUT2D eigenvalue weighted by molar-refractivity contribution is 7.86. The van der Waals surface area contributed by atoms with Gasteiger partial charge in [-0.05, 0) is 12.1 Å². The molecule has 1 amide bonds. The van der Waals surface area contributed by atoms with E-state index in [1.807, 2.05) is 0 Å². The van der Waals surface area contributed by atoms with Crippen LogP contribution in [0.15, 0.2) is 12.1 Å². The van der Waals surface area contributed by atoms with E-state index in [0.717, 1.165) is 4.31 Å². The molecule has 0 unspecified atom stereocenters. The molecular formula is C9H12ClN3O3S2. The molecule has 0 aromatic carbocycles. The summed E-state index contributed by atoms with van der Waals surface area (Å²) < 4.78 is 24.0. The molecule has 6 nitrogen and oxygen atoms in total. The maximum absolute atomic E-state index is 12.0. The molecule has 0 atom stereocenters. The number of halogens is 1. The number of carbonyl (C=O) groups is 1. The molecule has 1 saturated heterocycles. The van der Waals surface area contributed by atoms with Gasteiger partial charge in [0.25, 0.3) is 16.1 Å². The smallest absolute Gasteiger partial charge is 0.277 e. The van der Waals surface area contributed by atoms with Gasteiger partial charge in [-0.3, -0.25) is 4.79 Å². The third-order valence-electron chi connectivity index (χ3n) is 2.67. The van der Waals surface area contributed by atoms with Crippen LogP contribution in [0.5, 0.6) is 0 Å². The van der Waals surface area contributed by atoms with E-state index in [4.69, 9.17) is 16.7 Å². The van der Waals surface area contributed by atoms with Gasteiger partial charge in [-0.25, -0.2) is 5.14 Å². The molecule has 1 aromatic rings. The number of hydrogen-bond donors (Lipinski definition) is 1. The average Bonchev–Trinajstić information content (AvgIpc) is 2.74. The fourth-order valence-corrected chi connectivity index (χ4v) is 3.41. The van der Waals surface area contributed by atoms with Gasteiger partial charge in [0.05, 0.1) is 9.21 Å². The number of nitrogens with two attached hydrogens (primary N) is 1. The quantitative estimate of drug-likeness (QED) is 0.856. The van der Waals surface area contributed by atoms with Crippen molar-refractivity contribution in [3.8, 4) is 0 Å². The van der Waals surface area contributed by atoms with Crippen LogP contribution < -0.4 is 5.14 Å². The third-order valence-corrected chi connectivity index (χ3v) is 4.97. The van der Waals surface area contributed by atoms with E-state index in [0.29, 0.717) is 22.3 Å². The summed E-state index contributed by atoms with van der Waals surface area (Å²) in [6.07, 6.45) is 0. The average molecular weight is 310 g/mol. The van der Waals surface area contributed by atoms with Crippen LogP contribution in [0.2, 0.25) is 4.34 Å². The predicted octanol–water partition coefficient (Wildman–Crippen LogP) is 0.363. The first kappa shape index (κ1) is 13.8. The Balaban J connectivity index is 2.00.